The third-order valence-electron chi connectivity index (χ3n) is 5.06. The molecule has 0 saturated carbocycles. The molecule has 3 amide bonds. The van der Waals surface area contributed by atoms with Gasteiger partial charge in [0, 0.05) is 5.41 Å². The first-order chi connectivity index (χ1) is 13.3. The average Bonchev–Trinajstić information content (AvgIpc) is 3.00. The monoisotopic (exact) mass is 404 g/mol. The number of nitrogens with zero attached hydrogens (tertiary/aromatic N) is 1. The highest BCUT2D eigenvalue weighted by atomic mass is 16.6. The van der Waals surface area contributed by atoms with Crippen LogP contribution in [0.15, 0.2) is 30.3 Å². The van der Waals surface area contributed by atoms with Gasteiger partial charge >= 0.3 is 12.2 Å². The molecule has 1 saturated heterocycles. The number of carbonyl (C=O) groups excluding carboxylic acids is 3. The number of alkyl carbamates (subject to hydrolysis) is 1. The minimum atomic E-state index is -1.02. The van der Waals surface area contributed by atoms with Crippen LogP contribution in [0.4, 0.5) is 9.59 Å². The van der Waals surface area contributed by atoms with Crippen molar-refractivity contribution in [1.82, 2.24) is 10.2 Å². The van der Waals surface area contributed by atoms with Gasteiger partial charge in [0.25, 0.3) is 5.91 Å². The molecule has 160 valence electrons. The van der Waals surface area contributed by atoms with E-state index in [4.69, 9.17) is 9.47 Å². The van der Waals surface area contributed by atoms with Gasteiger partial charge in [-0.2, -0.15) is 0 Å². The molecule has 7 nitrogen and oxygen atoms in total. The largest absolute Gasteiger partial charge is 0.447 e. The van der Waals surface area contributed by atoms with Gasteiger partial charge in [0.05, 0.1) is 6.04 Å². The minimum Gasteiger partial charge on any atom is -0.447 e. The molecule has 1 aromatic rings. The van der Waals surface area contributed by atoms with Crippen molar-refractivity contribution in [2.75, 3.05) is 6.61 Å². The van der Waals surface area contributed by atoms with E-state index >= 15 is 0 Å². The second-order valence-electron chi connectivity index (χ2n) is 9.26. The molecule has 0 spiro atoms. The Balaban J connectivity index is 2.42. The van der Waals surface area contributed by atoms with Gasteiger partial charge in [-0.1, -0.05) is 58.0 Å². The van der Waals surface area contributed by atoms with Crippen LogP contribution in [0.5, 0.6) is 0 Å². The molecule has 0 aromatic heterocycles. The van der Waals surface area contributed by atoms with E-state index in [0.717, 1.165) is 10.5 Å². The molecular weight excluding hydrogens is 372 g/mol. The Morgan fingerprint density at radius 3 is 2.24 bits per heavy atom. The van der Waals surface area contributed by atoms with E-state index in [0.29, 0.717) is 0 Å². The van der Waals surface area contributed by atoms with Crippen molar-refractivity contribution in [1.29, 1.82) is 0 Å². The maximum Gasteiger partial charge on any atom is 0.417 e. The first-order valence-electron chi connectivity index (χ1n) is 9.89. The lowest BCUT2D eigenvalue weighted by molar-refractivity contribution is -0.133. The first-order valence-corrected chi connectivity index (χ1v) is 9.89. The molecule has 0 aliphatic carbocycles. The van der Waals surface area contributed by atoms with Crippen LogP contribution in [0.2, 0.25) is 0 Å². The Labute approximate surface area is 172 Å². The molecule has 2 atom stereocenters. The van der Waals surface area contributed by atoms with Crippen LogP contribution in [0.25, 0.3) is 0 Å². The molecule has 2 rings (SSSR count). The van der Waals surface area contributed by atoms with Crippen LogP contribution >= 0.6 is 0 Å². The zero-order valence-electron chi connectivity index (χ0n) is 18.3. The number of ether oxygens (including phenoxy) is 2. The van der Waals surface area contributed by atoms with Crippen LogP contribution in [0, 0.1) is 5.92 Å². The SMILES string of the molecule is CC(C)[C@H]1COC(=O)N1C(=O)[C@@H](NC(=O)OC(C)(C)C)C(C)(C)c1ccccc1. The fourth-order valence-electron chi connectivity index (χ4n) is 3.33. The molecule has 1 aliphatic heterocycles. The highest BCUT2D eigenvalue weighted by molar-refractivity contribution is 5.98. The number of benzene rings is 1. The highest BCUT2D eigenvalue weighted by Gasteiger charge is 2.47. The normalized spacial score (nSPS) is 18.4. The van der Waals surface area contributed by atoms with E-state index in [9.17, 15) is 14.4 Å². The number of cyclic esters (lactones) is 1. The predicted octanol–water partition coefficient (Wildman–Crippen LogP) is 3.86. The zero-order chi connectivity index (χ0) is 22.0. The van der Waals surface area contributed by atoms with Gasteiger partial charge in [-0.3, -0.25) is 4.79 Å². The summed E-state index contributed by atoms with van der Waals surface area (Å²) in [5.41, 5.74) is -0.676. The van der Waals surface area contributed by atoms with Crippen LogP contribution < -0.4 is 5.32 Å². The summed E-state index contributed by atoms with van der Waals surface area (Å²) in [6.07, 6.45) is -1.40. The molecule has 0 bridgehead atoms. The van der Waals surface area contributed by atoms with E-state index in [1.54, 1.807) is 20.8 Å². The molecule has 1 heterocycles. The number of rotatable bonds is 5. The Bertz CT molecular complexity index is 752. The van der Waals surface area contributed by atoms with Gasteiger partial charge < -0.3 is 14.8 Å². The van der Waals surface area contributed by atoms with Crippen molar-refractivity contribution in [2.24, 2.45) is 5.92 Å². The third kappa shape index (κ3) is 5.28. The molecule has 1 aliphatic rings. The van der Waals surface area contributed by atoms with Gasteiger partial charge in [-0.25, -0.2) is 14.5 Å². The molecule has 29 heavy (non-hydrogen) atoms. The second-order valence-corrected chi connectivity index (χ2v) is 9.26. The smallest absolute Gasteiger partial charge is 0.417 e. The fraction of sp³-hybridized carbons (Fsp3) is 0.591. The maximum atomic E-state index is 13.5. The van der Waals surface area contributed by atoms with Crippen molar-refractivity contribution in [3.05, 3.63) is 35.9 Å². The number of hydrogen-bond acceptors (Lipinski definition) is 5. The van der Waals surface area contributed by atoms with E-state index in [-0.39, 0.29) is 18.6 Å². The minimum absolute atomic E-state index is 0.0208. The van der Waals surface area contributed by atoms with Crippen LogP contribution in [-0.2, 0) is 19.7 Å². The van der Waals surface area contributed by atoms with Crippen molar-refractivity contribution in [3.8, 4) is 0 Å². The second kappa shape index (κ2) is 8.43. The molecule has 0 unspecified atom stereocenters. The fourth-order valence-corrected chi connectivity index (χ4v) is 3.33. The van der Waals surface area contributed by atoms with Gasteiger partial charge in [-0.15, -0.1) is 0 Å². The third-order valence-corrected chi connectivity index (χ3v) is 5.06. The van der Waals surface area contributed by atoms with Crippen molar-refractivity contribution in [3.63, 3.8) is 0 Å². The number of carbonyl (C=O) groups is 3. The quantitative estimate of drug-likeness (QED) is 0.805. The van der Waals surface area contributed by atoms with Gasteiger partial charge in [0.2, 0.25) is 0 Å². The number of imide groups is 1. The zero-order valence-corrected chi connectivity index (χ0v) is 18.3. The molecule has 7 heteroatoms. The first kappa shape index (κ1) is 22.7. The van der Waals surface area contributed by atoms with Crippen molar-refractivity contribution >= 4 is 18.1 Å². The van der Waals surface area contributed by atoms with Crippen LogP contribution in [-0.4, -0.2) is 47.3 Å². The summed E-state index contributed by atoms with van der Waals surface area (Å²) < 4.78 is 10.5. The summed E-state index contributed by atoms with van der Waals surface area (Å²) in [5.74, 6) is -0.488. The van der Waals surface area contributed by atoms with E-state index in [2.05, 4.69) is 5.32 Å². The lowest BCUT2D eigenvalue weighted by atomic mass is 9.77. The summed E-state index contributed by atoms with van der Waals surface area (Å²) in [4.78, 5) is 39.6. The Morgan fingerprint density at radius 2 is 1.72 bits per heavy atom. The number of nitrogens with one attached hydrogen (secondary N) is 1. The van der Waals surface area contributed by atoms with Gasteiger partial charge in [0.1, 0.15) is 18.2 Å². The summed E-state index contributed by atoms with van der Waals surface area (Å²) in [6, 6.07) is 7.99. The van der Waals surface area contributed by atoms with Crippen LogP contribution in [0.3, 0.4) is 0 Å². The lowest BCUT2D eigenvalue weighted by Crippen LogP contribution is -2.59. The summed E-state index contributed by atoms with van der Waals surface area (Å²) in [5, 5.41) is 2.71. The summed E-state index contributed by atoms with van der Waals surface area (Å²) in [7, 11) is 0. The molecule has 1 N–H and O–H groups in total. The molecule has 0 radical (unpaired) electrons. The topological polar surface area (TPSA) is 84.9 Å². The number of hydrogen-bond donors (Lipinski definition) is 1. The molecule has 1 fully saturated rings. The molecule has 1 aromatic carbocycles. The highest BCUT2D eigenvalue weighted by Crippen LogP contribution is 2.31. The average molecular weight is 405 g/mol. The van der Waals surface area contributed by atoms with Gasteiger partial charge in [0.15, 0.2) is 0 Å². The number of amides is 3. The van der Waals surface area contributed by atoms with Crippen LogP contribution in [0.1, 0.15) is 54.0 Å². The lowest BCUT2D eigenvalue weighted by Gasteiger charge is -2.37. The Kier molecular flexibility index (Phi) is 6.60. The predicted molar refractivity (Wildman–Crippen MR) is 109 cm³/mol. The summed E-state index contributed by atoms with van der Waals surface area (Å²) >= 11 is 0. The Hall–Kier alpha value is -2.57. The van der Waals surface area contributed by atoms with E-state index in [1.807, 2.05) is 58.0 Å². The summed E-state index contributed by atoms with van der Waals surface area (Å²) in [6.45, 7) is 12.9. The van der Waals surface area contributed by atoms with Crippen molar-refractivity contribution < 1.29 is 23.9 Å². The van der Waals surface area contributed by atoms with Crippen molar-refractivity contribution in [2.45, 2.75) is 71.6 Å². The van der Waals surface area contributed by atoms with Gasteiger partial charge in [-0.05, 0) is 32.3 Å². The standard InChI is InChI=1S/C22H32N2O5/c1-14(2)16-13-28-20(27)24(16)18(25)17(23-19(26)29-21(3,4)5)22(6,7)15-11-9-8-10-12-15/h8-12,14,16-17H,13H2,1-7H3,(H,23,26)/t16-,17-/m1/s1. The van der Waals surface area contributed by atoms with E-state index < -0.39 is 35.2 Å². The maximum absolute atomic E-state index is 13.5. The van der Waals surface area contributed by atoms with E-state index in [1.165, 1.54) is 0 Å². The molecular formula is C22H32N2O5. The Morgan fingerprint density at radius 1 is 1.14 bits per heavy atom.